The van der Waals surface area contributed by atoms with Crippen LogP contribution < -0.4 is 0 Å². The quantitative estimate of drug-likeness (QED) is 0.684. The van der Waals surface area contributed by atoms with Crippen molar-refractivity contribution >= 4 is 17.5 Å². The largest absolute Gasteiger partial charge is 0.339 e. The van der Waals surface area contributed by atoms with Crippen molar-refractivity contribution in [2.75, 3.05) is 13.1 Å². The number of likely N-dealkylation sites (tertiary alicyclic amines) is 1. The van der Waals surface area contributed by atoms with E-state index < -0.39 is 0 Å². The van der Waals surface area contributed by atoms with Gasteiger partial charge in [-0.1, -0.05) is 11.6 Å². The lowest BCUT2D eigenvalue weighted by molar-refractivity contribution is 0.0741. The molecule has 2 rings (SSSR count). The Hall–Kier alpha value is -1.09. The van der Waals surface area contributed by atoms with Crippen LogP contribution >= 0.6 is 11.6 Å². The number of halogens is 1. The van der Waals surface area contributed by atoms with Gasteiger partial charge in [0.05, 0.1) is 5.56 Å². The molecule has 1 aromatic heterocycles. The van der Waals surface area contributed by atoms with Crippen LogP contribution in [-0.4, -0.2) is 28.9 Å². The minimum absolute atomic E-state index is 0.0128. The fraction of sp³-hybridized carbons (Fsp3) is 0.364. The minimum atomic E-state index is -0.0128. The molecule has 0 saturated carbocycles. The first kappa shape index (κ1) is 10.4. The predicted octanol–water partition coefficient (Wildman–Crippen LogP) is 2.18. The van der Waals surface area contributed by atoms with Crippen molar-refractivity contribution in [2.45, 2.75) is 12.8 Å². The summed E-state index contributed by atoms with van der Waals surface area (Å²) in [5.41, 5.74) is 0.501. The van der Waals surface area contributed by atoms with Gasteiger partial charge in [-0.3, -0.25) is 4.79 Å². The summed E-state index contributed by atoms with van der Waals surface area (Å²) in [7, 11) is 0. The van der Waals surface area contributed by atoms with Gasteiger partial charge in [-0.05, 0) is 31.4 Å². The zero-order valence-corrected chi connectivity index (χ0v) is 9.07. The molecule has 1 saturated heterocycles. The van der Waals surface area contributed by atoms with Crippen LogP contribution in [0.25, 0.3) is 0 Å². The Bertz CT molecular complexity index is 361. The molecule has 0 atom stereocenters. The van der Waals surface area contributed by atoms with Gasteiger partial charge in [0.15, 0.2) is 0 Å². The summed E-state index contributed by atoms with van der Waals surface area (Å²) < 4.78 is 0. The fourth-order valence-corrected chi connectivity index (χ4v) is 1.87. The third-order valence-corrected chi connectivity index (χ3v) is 2.78. The van der Waals surface area contributed by atoms with Crippen molar-refractivity contribution < 1.29 is 4.79 Å². The highest BCUT2D eigenvalue weighted by atomic mass is 35.5. The van der Waals surface area contributed by atoms with Crippen molar-refractivity contribution in [1.29, 1.82) is 0 Å². The van der Waals surface area contributed by atoms with E-state index in [2.05, 4.69) is 11.4 Å². The van der Waals surface area contributed by atoms with Gasteiger partial charge in [0.25, 0.3) is 5.91 Å². The average Bonchev–Trinajstić information content (AvgIpc) is 2.30. The molecule has 1 radical (unpaired) electrons. The number of carbonyl (C=O) groups excluding carboxylic acids is 1. The lowest BCUT2D eigenvalue weighted by Gasteiger charge is -2.26. The van der Waals surface area contributed by atoms with E-state index in [1.165, 1.54) is 0 Å². The second-order valence-electron chi connectivity index (χ2n) is 3.50. The lowest BCUT2D eigenvalue weighted by atomic mass is 10.1. The smallest absolute Gasteiger partial charge is 0.256 e. The van der Waals surface area contributed by atoms with Gasteiger partial charge < -0.3 is 4.90 Å². The molecule has 0 bridgehead atoms. The second kappa shape index (κ2) is 4.62. The Kier molecular flexibility index (Phi) is 3.21. The van der Waals surface area contributed by atoms with Gasteiger partial charge in [-0.25, -0.2) is 4.98 Å². The highest BCUT2D eigenvalue weighted by Crippen LogP contribution is 2.17. The molecule has 0 aromatic carbocycles. The molecule has 1 aromatic rings. The molecule has 79 valence electrons. The van der Waals surface area contributed by atoms with Crippen LogP contribution in [0.4, 0.5) is 0 Å². The zero-order chi connectivity index (χ0) is 10.7. The summed E-state index contributed by atoms with van der Waals surface area (Å²) in [6.07, 6.45) is 5.71. The molecule has 0 unspecified atom stereocenters. The summed E-state index contributed by atoms with van der Waals surface area (Å²) in [6, 6.07) is 3.45. The average molecular weight is 224 g/mol. The Morgan fingerprint density at radius 3 is 2.80 bits per heavy atom. The van der Waals surface area contributed by atoms with Gasteiger partial charge >= 0.3 is 0 Å². The Morgan fingerprint density at radius 2 is 2.13 bits per heavy atom. The third-order valence-electron chi connectivity index (χ3n) is 2.48. The van der Waals surface area contributed by atoms with Crippen LogP contribution in [0.1, 0.15) is 23.2 Å². The number of hydrogen-bond acceptors (Lipinski definition) is 2. The summed E-state index contributed by atoms with van der Waals surface area (Å²) in [6.45, 7) is 1.56. The van der Waals surface area contributed by atoms with Crippen molar-refractivity contribution in [3.8, 4) is 0 Å². The number of nitrogens with zero attached hydrogens (tertiary/aromatic N) is 2. The lowest BCUT2D eigenvalue weighted by Crippen LogP contribution is -2.36. The van der Waals surface area contributed by atoms with Gasteiger partial charge in [-0.2, -0.15) is 0 Å². The van der Waals surface area contributed by atoms with E-state index in [9.17, 15) is 4.79 Å². The maximum Gasteiger partial charge on any atom is 0.256 e. The van der Waals surface area contributed by atoms with Crippen molar-refractivity contribution in [2.24, 2.45) is 0 Å². The molecule has 0 spiro atoms. The zero-order valence-electron chi connectivity index (χ0n) is 8.32. The molecule has 0 N–H and O–H groups in total. The molecule has 0 aliphatic carbocycles. The van der Waals surface area contributed by atoms with E-state index in [1.807, 2.05) is 4.90 Å². The van der Waals surface area contributed by atoms with Gasteiger partial charge in [-0.15, -0.1) is 0 Å². The Balaban J connectivity index is 2.16. The maximum absolute atomic E-state index is 12.0. The highest BCUT2D eigenvalue weighted by molar-refractivity contribution is 6.32. The summed E-state index contributed by atoms with van der Waals surface area (Å²) >= 11 is 5.87. The van der Waals surface area contributed by atoms with E-state index in [0.29, 0.717) is 5.56 Å². The Labute approximate surface area is 94.1 Å². The number of piperidine rings is 1. The van der Waals surface area contributed by atoms with Crippen LogP contribution in [0.3, 0.4) is 0 Å². The van der Waals surface area contributed by atoms with E-state index in [-0.39, 0.29) is 11.1 Å². The molecule has 1 aliphatic heterocycles. The molecular formula is C11H12ClN2O. The van der Waals surface area contributed by atoms with Crippen LogP contribution in [-0.2, 0) is 0 Å². The Morgan fingerprint density at radius 1 is 1.40 bits per heavy atom. The van der Waals surface area contributed by atoms with Crippen LogP contribution in [0.15, 0.2) is 18.3 Å². The van der Waals surface area contributed by atoms with Crippen LogP contribution in [0.2, 0.25) is 5.15 Å². The van der Waals surface area contributed by atoms with Crippen LogP contribution in [0, 0.1) is 6.42 Å². The highest BCUT2D eigenvalue weighted by Gasteiger charge is 2.20. The van der Waals surface area contributed by atoms with E-state index in [4.69, 9.17) is 11.6 Å². The van der Waals surface area contributed by atoms with E-state index >= 15 is 0 Å². The molecular weight excluding hydrogens is 212 g/mol. The number of carbonyl (C=O) groups is 1. The first-order chi connectivity index (χ1) is 7.29. The van der Waals surface area contributed by atoms with Gasteiger partial charge in [0.2, 0.25) is 0 Å². The minimum Gasteiger partial charge on any atom is -0.339 e. The van der Waals surface area contributed by atoms with Gasteiger partial charge in [0.1, 0.15) is 5.15 Å². The van der Waals surface area contributed by atoms with Crippen molar-refractivity contribution in [3.63, 3.8) is 0 Å². The number of pyridine rings is 1. The third kappa shape index (κ3) is 2.29. The maximum atomic E-state index is 12.0. The molecule has 1 amide bonds. The molecule has 1 fully saturated rings. The first-order valence-corrected chi connectivity index (χ1v) is 5.38. The summed E-state index contributed by atoms with van der Waals surface area (Å²) in [4.78, 5) is 17.7. The summed E-state index contributed by atoms with van der Waals surface area (Å²) in [5.74, 6) is -0.0128. The SMILES string of the molecule is O=C(c1cccnc1Cl)N1CC[CH]CC1. The predicted molar refractivity (Wildman–Crippen MR) is 58.7 cm³/mol. The summed E-state index contributed by atoms with van der Waals surface area (Å²) in [5, 5.41) is 0.289. The second-order valence-corrected chi connectivity index (χ2v) is 3.86. The molecule has 4 heteroatoms. The normalized spacial score (nSPS) is 16.5. The number of hydrogen-bond donors (Lipinski definition) is 0. The fourth-order valence-electron chi connectivity index (χ4n) is 1.67. The number of aromatic nitrogens is 1. The number of amides is 1. The van der Waals surface area contributed by atoms with E-state index in [1.54, 1.807) is 18.3 Å². The van der Waals surface area contributed by atoms with Crippen molar-refractivity contribution in [3.05, 3.63) is 35.5 Å². The molecule has 1 aliphatic rings. The first-order valence-electron chi connectivity index (χ1n) is 5.00. The number of rotatable bonds is 1. The van der Waals surface area contributed by atoms with Crippen molar-refractivity contribution in [1.82, 2.24) is 9.88 Å². The molecule has 15 heavy (non-hydrogen) atoms. The molecule has 2 heterocycles. The van der Waals surface area contributed by atoms with Crippen LogP contribution in [0.5, 0.6) is 0 Å². The van der Waals surface area contributed by atoms with Gasteiger partial charge in [0, 0.05) is 19.3 Å². The topological polar surface area (TPSA) is 33.2 Å². The van der Waals surface area contributed by atoms with E-state index in [0.717, 1.165) is 25.9 Å². The molecule has 3 nitrogen and oxygen atoms in total. The monoisotopic (exact) mass is 223 g/mol. The standard InChI is InChI=1S/C11H12ClN2O/c12-10-9(5-4-6-13-10)11(15)14-7-2-1-3-8-14/h1,4-6H,2-3,7-8H2.